The molecule has 1 fully saturated rings. The van der Waals surface area contributed by atoms with E-state index in [2.05, 4.69) is 17.6 Å². The predicted molar refractivity (Wildman–Crippen MR) is 98.6 cm³/mol. The van der Waals surface area contributed by atoms with Gasteiger partial charge in [-0.25, -0.2) is 0 Å². The maximum Gasteiger partial charge on any atom is 0.251 e. The van der Waals surface area contributed by atoms with Crippen LogP contribution in [0, 0.1) is 11.8 Å². The summed E-state index contributed by atoms with van der Waals surface area (Å²) in [5.74, 6) is 1.12. The first kappa shape index (κ1) is 19.3. The van der Waals surface area contributed by atoms with Gasteiger partial charge in [0.25, 0.3) is 5.91 Å². The molecule has 0 radical (unpaired) electrons. The minimum Gasteiger partial charge on any atom is -0.497 e. The molecule has 2 N–H and O–H groups in total. The Morgan fingerprint density at radius 1 is 1.08 bits per heavy atom. The summed E-state index contributed by atoms with van der Waals surface area (Å²) in [6.07, 6.45) is 4.33. The van der Waals surface area contributed by atoms with Crippen molar-refractivity contribution in [2.24, 2.45) is 11.8 Å². The van der Waals surface area contributed by atoms with E-state index in [-0.39, 0.29) is 23.8 Å². The molecule has 2 rings (SSSR count). The lowest BCUT2D eigenvalue weighted by Gasteiger charge is -2.29. The van der Waals surface area contributed by atoms with Crippen molar-refractivity contribution in [2.75, 3.05) is 7.11 Å². The number of nitrogens with one attached hydrogen (secondary N) is 2. The molecule has 0 aromatic heterocycles. The summed E-state index contributed by atoms with van der Waals surface area (Å²) in [5, 5.41) is 6.00. The third-order valence-corrected chi connectivity index (χ3v) is 4.95. The summed E-state index contributed by atoms with van der Waals surface area (Å²) >= 11 is 0. The van der Waals surface area contributed by atoms with Crippen LogP contribution in [-0.4, -0.2) is 31.0 Å². The molecule has 1 aromatic rings. The standard InChI is InChI=1S/C20H30N2O3/c1-13(2)18(20(24)21-16-9-5-14(3)6-10-16)22-19(23)15-7-11-17(25-4)12-8-15/h7-8,11-14,16,18H,5-6,9-10H2,1-4H3,(H,21,24)(H,22,23). The second-order valence-electron chi connectivity index (χ2n) is 7.39. The van der Waals surface area contributed by atoms with E-state index in [0.29, 0.717) is 11.3 Å². The van der Waals surface area contributed by atoms with E-state index in [9.17, 15) is 9.59 Å². The van der Waals surface area contributed by atoms with Gasteiger partial charge in [-0.15, -0.1) is 0 Å². The van der Waals surface area contributed by atoms with Gasteiger partial charge in [-0.2, -0.15) is 0 Å². The molecule has 5 nitrogen and oxygen atoms in total. The number of hydrogen-bond acceptors (Lipinski definition) is 3. The summed E-state index contributed by atoms with van der Waals surface area (Å²) in [6.45, 7) is 6.15. The molecular formula is C20H30N2O3. The second kappa shape index (κ2) is 8.88. The number of carbonyl (C=O) groups excluding carboxylic acids is 2. The van der Waals surface area contributed by atoms with E-state index in [0.717, 1.165) is 31.6 Å². The van der Waals surface area contributed by atoms with E-state index in [4.69, 9.17) is 4.74 Å². The molecule has 0 bridgehead atoms. The van der Waals surface area contributed by atoms with Crippen LogP contribution in [0.25, 0.3) is 0 Å². The topological polar surface area (TPSA) is 67.4 Å². The zero-order chi connectivity index (χ0) is 18.4. The highest BCUT2D eigenvalue weighted by Gasteiger charge is 2.28. The number of amides is 2. The molecule has 1 atom stereocenters. The Balaban J connectivity index is 1.96. The van der Waals surface area contributed by atoms with Crippen molar-refractivity contribution < 1.29 is 14.3 Å². The molecule has 25 heavy (non-hydrogen) atoms. The Hall–Kier alpha value is -2.04. The van der Waals surface area contributed by atoms with Crippen LogP contribution in [0.3, 0.4) is 0 Å². The predicted octanol–water partition coefficient (Wildman–Crippen LogP) is 3.14. The van der Waals surface area contributed by atoms with E-state index in [1.54, 1.807) is 31.4 Å². The van der Waals surface area contributed by atoms with Gasteiger partial charge >= 0.3 is 0 Å². The smallest absolute Gasteiger partial charge is 0.251 e. The van der Waals surface area contributed by atoms with Crippen LogP contribution in [0.15, 0.2) is 24.3 Å². The molecule has 0 saturated heterocycles. The Kier molecular flexibility index (Phi) is 6.85. The number of benzene rings is 1. The average Bonchev–Trinajstić information content (AvgIpc) is 2.61. The summed E-state index contributed by atoms with van der Waals surface area (Å²) in [6, 6.07) is 6.57. The van der Waals surface area contributed by atoms with Crippen LogP contribution in [0.2, 0.25) is 0 Å². The van der Waals surface area contributed by atoms with Crippen LogP contribution in [0.4, 0.5) is 0 Å². The summed E-state index contributed by atoms with van der Waals surface area (Å²) in [7, 11) is 1.58. The number of carbonyl (C=O) groups is 2. The lowest BCUT2D eigenvalue weighted by atomic mass is 9.87. The first-order valence-electron chi connectivity index (χ1n) is 9.16. The lowest BCUT2D eigenvalue weighted by molar-refractivity contribution is -0.124. The normalized spacial score (nSPS) is 21.5. The van der Waals surface area contributed by atoms with Crippen molar-refractivity contribution in [3.05, 3.63) is 29.8 Å². The first-order valence-corrected chi connectivity index (χ1v) is 9.16. The molecule has 1 saturated carbocycles. The Morgan fingerprint density at radius 3 is 2.20 bits per heavy atom. The number of rotatable bonds is 6. The van der Waals surface area contributed by atoms with Crippen LogP contribution < -0.4 is 15.4 Å². The molecule has 1 aliphatic carbocycles. The average molecular weight is 346 g/mol. The maximum absolute atomic E-state index is 12.7. The Morgan fingerprint density at radius 2 is 1.68 bits per heavy atom. The summed E-state index contributed by atoms with van der Waals surface area (Å²) in [5.41, 5.74) is 0.519. The molecule has 0 spiro atoms. The van der Waals surface area contributed by atoms with Gasteiger partial charge in [0.1, 0.15) is 11.8 Å². The third-order valence-electron chi connectivity index (χ3n) is 4.95. The van der Waals surface area contributed by atoms with Crippen molar-refractivity contribution in [1.82, 2.24) is 10.6 Å². The largest absolute Gasteiger partial charge is 0.497 e. The van der Waals surface area contributed by atoms with Crippen molar-refractivity contribution in [3.63, 3.8) is 0 Å². The van der Waals surface area contributed by atoms with Crippen molar-refractivity contribution >= 4 is 11.8 Å². The van der Waals surface area contributed by atoms with Crippen molar-refractivity contribution in [2.45, 2.75) is 58.5 Å². The fourth-order valence-electron chi connectivity index (χ4n) is 3.20. The van der Waals surface area contributed by atoms with Gasteiger partial charge in [-0.1, -0.05) is 20.8 Å². The second-order valence-corrected chi connectivity index (χ2v) is 7.39. The van der Waals surface area contributed by atoms with Crippen LogP contribution >= 0.6 is 0 Å². The molecule has 1 aliphatic rings. The third kappa shape index (κ3) is 5.48. The summed E-state index contributed by atoms with van der Waals surface area (Å²) in [4.78, 5) is 25.1. The van der Waals surface area contributed by atoms with Crippen LogP contribution in [-0.2, 0) is 4.79 Å². The van der Waals surface area contributed by atoms with Gasteiger partial charge in [0.05, 0.1) is 7.11 Å². The van der Waals surface area contributed by atoms with E-state index < -0.39 is 6.04 Å². The molecule has 1 unspecified atom stereocenters. The summed E-state index contributed by atoms with van der Waals surface area (Å²) < 4.78 is 5.10. The van der Waals surface area contributed by atoms with Gasteiger partial charge in [-0.05, 0) is 61.8 Å². The molecule has 0 aliphatic heterocycles. The van der Waals surface area contributed by atoms with Gasteiger partial charge in [0.15, 0.2) is 0 Å². The molecule has 138 valence electrons. The molecule has 5 heteroatoms. The zero-order valence-corrected chi connectivity index (χ0v) is 15.7. The molecule has 1 aromatic carbocycles. The lowest BCUT2D eigenvalue weighted by Crippen LogP contribution is -2.52. The van der Waals surface area contributed by atoms with Gasteiger partial charge < -0.3 is 15.4 Å². The SMILES string of the molecule is COc1ccc(C(=O)NC(C(=O)NC2CCC(C)CC2)C(C)C)cc1. The highest BCUT2D eigenvalue weighted by molar-refractivity contribution is 5.97. The number of ether oxygens (including phenoxy) is 1. The monoisotopic (exact) mass is 346 g/mol. The maximum atomic E-state index is 12.7. The van der Waals surface area contributed by atoms with E-state index >= 15 is 0 Å². The van der Waals surface area contributed by atoms with Crippen molar-refractivity contribution in [1.29, 1.82) is 0 Å². The van der Waals surface area contributed by atoms with Crippen LogP contribution in [0.5, 0.6) is 5.75 Å². The quantitative estimate of drug-likeness (QED) is 0.831. The van der Waals surface area contributed by atoms with Crippen LogP contribution in [0.1, 0.15) is 56.8 Å². The highest BCUT2D eigenvalue weighted by atomic mass is 16.5. The van der Waals surface area contributed by atoms with Gasteiger partial charge in [-0.3, -0.25) is 9.59 Å². The minimum absolute atomic E-state index is 0.0183. The van der Waals surface area contributed by atoms with Gasteiger partial charge in [0, 0.05) is 11.6 Å². The number of hydrogen-bond donors (Lipinski definition) is 2. The fraction of sp³-hybridized carbons (Fsp3) is 0.600. The fourth-order valence-corrected chi connectivity index (χ4v) is 3.20. The van der Waals surface area contributed by atoms with E-state index in [1.165, 1.54) is 0 Å². The highest BCUT2D eigenvalue weighted by Crippen LogP contribution is 2.23. The minimum atomic E-state index is -0.533. The molecule has 0 heterocycles. The van der Waals surface area contributed by atoms with Crippen molar-refractivity contribution in [3.8, 4) is 5.75 Å². The van der Waals surface area contributed by atoms with E-state index in [1.807, 2.05) is 13.8 Å². The Bertz CT molecular complexity index is 575. The first-order chi connectivity index (χ1) is 11.9. The number of methoxy groups -OCH3 is 1. The van der Waals surface area contributed by atoms with Gasteiger partial charge in [0.2, 0.25) is 5.91 Å². The molecular weight excluding hydrogens is 316 g/mol. The zero-order valence-electron chi connectivity index (χ0n) is 15.7. The molecule has 2 amide bonds. The Labute approximate surface area is 150 Å².